The predicted molar refractivity (Wildman–Crippen MR) is 78.0 cm³/mol. The van der Waals surface area contributed by atoms with Crippen LogP contribution >= 0.6 is 11.6 Å². The average molecular weight is 273 g/mol. The molecule has 0 saturated carbocycles. The molecule has 2 aromatic carbocycles. The molecule has 3 nitrogen and oxygen atoms in total. The monoisotopic (exact) mass is 272 g/mol. The molecule has 1 heterocycles. The molecule has 0 radical (unpaired) electrons. The Kier molecular flexibility index (Phi) is 3.23. The average Bonchev–Trinajstić information content (AvgIpc) is 2.58. The number of anilines is 1. The molecule has 0 bridgehead atoms. The molecule has 0 saturated heterocycles. The van der Waals surface area contributed by atoms with Crippen LogP contribution in [0.15, 0.2) is 53.5 Å². The maximum absolute atomic E-state index is 9.82. The first-order valence-corrected chi connectivity index (χ1v) is 6.46. The van der Waals surface area contributed by atoms with E-state index in [1.165, 1.54) is 0 Å². The van der Waals surface area contributed by atoms with Crippen molar-refractivity contribution >= 4 is 23.0 Å². The number of halogens is 1. The third-order valence-electron chi connectivity index (χ3n) is 3.03. The second-order valence-corrected chi connectivity index (χ2v) is 4.84. The van der Waals surface area contributed by atoms with E-state index in [4.69, 9.17) is 11.6 Å². The summed E-state index contributed by atoms with van der Waals surface area (Å²) in [5, 5.41) is 13.5. The van der Waals surface area contributed by atoms with Gasteiger partial charge in [0, 0.05) is 21.8 Å². The van der Waals surface area contributed by atoms with Crippen LogP contribution in [0.5, 0.6) is 0 Å². The Morgan fingerprint density at radius 2 is 1.95 bits per heavy atom. The molecule has 1 aliphatic heterocycles. The van der Waals surface area contributed by atoms with E-state index in [1.807, 2.05) is 42.5 Å². The number of aliphatic hydroxyl groups is 1. The third-order valence-corrected chi connectivity index (χ3v) is 3.26. The van der Waals surface area contributed by atoms with Crippen LogP contribution in [0, 0.1) is 0 Å². The van der Waals surface area contributed by atoms with Gasteiger partial charge in [-0.15, -0.1) is 0 Å². The van der Waals surface area contributed by atoms with Gasteiger partial charge in [-0.1, -0.05) is 41.9 Å². The van der Waals surface area contributed by atoms with Crippen molar-refractivity contribution in [2.24, 2.45) is 4.99 Å². The molecular formula is C15H13ClN2O. The fraction of sp³-hybridized carbons (Fsp3) is 0.133. The molecule has 0 amide bonds. The molecule has 4 heteroatoms. The van der Waals surface area contributed by atoms with Crippen molar-refractivity contribution in [3.05, 3.63) is 64.7 Å². The van der Waals surface area contributed by atoms with Crippen molar-refractivity contribution in [3.63, 3.8) is 0 Å². The van der Waals surface area contributed by atoms with E-state index in [2.05, 4.69) is 10.3 Å². The molecule has 96 valence electrons. The fourth-order valence-corrected chi connectivity index (χ4v) is 2.34. The smallest absolute Gasteiger partial charge is 0.144 e. The lowest BCUT2D eigenvalue weighted by Crippen LogP contribution is -2.20. The lowest BCUT2D eigenvalue weighted by molar-refractivity contribution is 0.213. The molecule has 0 spiro atoms. The zero-order chi connectivity index (χ0) is 13.2. The van der Waals surface area contributed by atoms with Gasteiger partial charge < -0.3 is 10.4 Å². The molecule has 2 N–H and O–H groups in total. The van der Waals surface area contributed by atoms with Crippen LogP contribution in [-0.2, 0) is 0 Å². The van der Waals surface area contributed by atoms with Gasteiger partial charge in [0.05, 0.1) is 12.3 Å². The molecule has 19 heavy (non-hydrogen) atoms. The van der Waals surface area contributed by atoms with E-state index in [1.54, 1.807) is 6.07 Å². The molecule has 1 atom stereocenters. The maximum Gasteiger partial charge on any atom is 0.144 e. The van der Waals surface area contributed by atoms with Gasteiger partial charge in [0.1, 0.15) is 6.23 Å². The number of aliphatic imine (C=N–C) groups is 1. The SMILES string of the molecule is OC1CN=C(c2ccccc2)c2cc(Cl)ccc2N1. The largest absolute Gasteiger partial charge is 0.372 e. The van der Waals surface area contributed by atoms with E-state index < -0.39 is 6.23 Å². The zero-order valence-electron chi connectivity index (χ0n) is 10.2. The number of nitrogens with zero attached hydrogens (tertiary/aromatic N) is 1. The van der Waals surface area contributed by atoms with Gasteiger partial charge in [0.15, 0.2) is 0 Å². The minimum Gasteiger partial charge on any atom is -0.372 e. The highest BCUT2D eigenvalue weighted by atomic mass is 35.5. The second kappa shape index (κ2) is 5.03. The first-order valence-electron chi connectivity index (χ1n) is 6.08. The van der Waals surface area contributed by atoms with Crippen molar-refractivity contribution in [3.8, 4) is 0 Å². The van der Waals surface area contributed by atoms with Crippen molar-refractivity contribution in [1.82, 2.24) is 0 Å². The molecule has 1 unspecified atom stereocenters. The van der Waals surface area contributed by atoms with Gasteiger partial charge in [-0.05, 0) is 18.2 Å². The standard InChI is InChI=1S/C15H13ClN2O/c16-11-6-7-13-12(8-11)15(17-9-14(19)18-13)10-4-2-1-3-5-10/h1-8,14,18-19H,9H2. The lowest BCUT2D eigenvalue weighted by Gasteiger charge is -2.12. The van der Waals surface area contributed by atoms with E-state index >= 15 is 0 Å². The Labute approximate surface area is 116 Å². The molecule has 1 aliphatic rings. The van der Waals surface area contributed by atoms with Crippen molar-refractivity contribution in [2.45, 2.75) is 6.23 Å². The topological polar surface area (TPSA) is 44.6 Å². The van der Waals surface area contributed by atoms with Crippen LogP contribution in [0.4, 0.5) is 5.69 Å². The van der Waals surface area contributed by atoms with E-state index in [-0.39, 0.29) is 0 Å². The van der Waals surface area contributed by atoms with Crippen LogP contribution in [0.1, 0.15) is 11.1 Å². The predicted octanol–water partition coefficient (Wildman–Crippen LogP) is 2.92. The van der Waals surface area contributed by atoms with Crippen LogP contribution in [0.25, 0.3) is 0 Å². The number of hydrogen-bond acceptors (Lipinski definition) is 3. The summed E-state index contributed by atoms with van der Waals surface area (Å²) in [6, 6.07) is 15.4. The summed E-state index contributed by atoms with van der Waals surface area (Å²) in [4.78, 5) is 4.50. The maximum atomic E-state index is 9.82. The minimum absolute atomic E-state index is 0.316. The minimum atomic E-state index is -0.680. The summed E-state index contributed by atoms with van der Waals surface area (Å²) < 4.78 is 0. The molecule has 0 fully saturated rings. The highest BCUT2D eigenvalue weighted by Crippen LogP contribution is 2.26. The van der Waals surface area contributed by atoms with Gasteiger partial charge in [-0.2, -0.15) is 0 Å². The number of benzodiazepines with no additional fused rings is 1. The number of nitrogens with one attached hydrogen (secondary N) is 1. The van der Waals surface area contributed by atoms with Crippen LogP contribution in [0.2, 0.25) is 5.02 Å². The Morgan fingerprint density at radius 1 is 1.16 bits per heavy atom. The Morgan fingerprint density at radius 3 is 2.74 bits per heavy atom. The summed E-state index contributed by atoms with van der Waals surface area (Å²) >= 11 is 6.07. The van der Waals surface area contributed by atoms with Gasteiger partial charge in [0.25, 0.3) is 0 Å². The van der Waals surface area contributed by atoms with Crippen molar-refractivity contribution < 1.29 is 5.11 Å². The van der Waals surface area contributed by atoms with Crippen LogP contribution in [0.3, 0.4) is 0 Å². The van der Waals surface area contributed by atoms with E-state index in [9.17, 15) is 5.11 Å². The van der Waals surface area contributed by atoms with Gasteiger partial charge in [-0.3, -0.25) is 4.99 Å². The van der Waals surface area contributed by atoms with Gasteiger partial charge >= 0.3 is 0 Å². The number of hydrogen-bond donors (Lipinski definition) is 2. The Hall–Kier alpha value is -1.84. The highest BCUT2D eigenvalue weighted by Gasteiger charge is 2.18. The van der Waals surface area contributed by atoms with E-state index in [0.717, 1.165) is 22.5 Å². The van der Waals surface area contributed by atoms with E-state index in [0.29, 0.717) is 11.6 Å². The normalized spacial score (nSPS) is 18.0. The Balaban J connectivity index is 2.17. The second-order valence-electron chi connectivity index (χ2n) is 4.41. The number of rotatable bonds is 1. The van der Waals surface area contributed by atoms with Crippen molar-refractivity contribution in [1.29, 1.82) is 0 Å². The summed E-state index contributed by atoms with van der Waals surface area (Å²) in [5.41, 5.74) is 3.62. The molecule has 0 aliphatic carbocycles. The van der Waals surface area contributed by atoms with Crippen LogP contribution in [-0.4, -0.2) is 23.6 Å². The van der Waals surface area contributed by atoms with Gasteiger partial charge in [0.2, 0.25) is 0 Å². The Bertz CT molecular complexity index is 625. The summed E-state index contributed by atoms with van der Waals surface area (Å²) in [5.74, 6) is 0. The fourth-order valence-electron chi connectivity index (χ4n) is 2.17. The van der Waals surface area contributed by atoms with Crippen molar-refractivity contribution in [2.75, 3.05) is 11.9 Å². The first kappa shape index (κ1) is 12.2. The number of fused-ring (bicyclic) bond motifs is 1. The quantitative estimate of drug-likeness (QED) is 0.838. The number of aliphatic hydroxyl groups excluding tert-OH is 1. The third kappa shape index (κ3) is 2.48. The number of benzene rings is 2. The summed E-state index contributed by atoms with van der Waals surface area (Å²) in [6.07, 6.45) is -0.680. The van der Waals surface area contributed by atoms with Gasteiger partial charge in [-0.25, -0.2) is 0 Å². The molecule has 3 rings (SSSR count). The summed E-state index contributed by atoms with van der Waals surface area (Å²) in [7, 11) is 0. The zero-order valence-corrected chi connectivity index (χ0v) is 10.9. The summed E-state index contributed by atoms with van der Waals surface area (Å²) in [6.45, 7) is 0.316. The first-order chi connectivity index (χ1) is 9.24. The highest BCUT2D eigenvalue weighted by molar-refractivity contribution is 6.31. The molecular weight excluding hydrogens is 260 g/mol. The molecule has 0 aromatic heterocycles. The van der Waals surface area contributed by atoms with Crippen LogP contribution < -0.4 is 5.32 Å². The lowest BCUT2D eigenvalue weighted by atomic mass is 10.0. The molecule has 2 aromatic rings.